The Morgan fingerprint density at radius 3 is 3.05 bits per heavy atom. The molecule has 7 nitrogen and oxygen atoms in total. The first-order valence-electron chi connectivity index (χ1n) is 6.19. The number of rotatable bonds is 7. The molecule has 2 rings (SSSR count). The van der Waals surface area contributed by atoms with Crippen LogP contribution in [0.5, 0.6) is 0 Å². The number of hydrogen-bond acceptors (Lipinski definition) is 7. The molecule has 0 aliphatic carbocycles. The van der Waals surface area contributed by atoms with E-state index >= 15 is 0 Å². The van der Waals surface area contributed by atoms with Crippen LogP contribution in [0.15, 0.2) is 16.7 Å². The van der Waals surface area contributed by atoms with Crippen LogP contribution in [0.1, 0.15) is 19.2 Å². The molecular formula is C11H16N6OS2. The molecule has 0 spiro atoms. The molecule has 0 aliphatic heterocycles. The van der Waals surface area contributed by atoms with Gasteiger partial charge in [0.05, 0.1) is 12.3 Å². The summed E-state index contributed by atoms with van der Waals surface area (Å²) in [6, 6.07) is 0. The zero-order chi connectivity index (χ0) is 14.4. The van der Waals surface area contributed by atoms with Gasteiger partial charge in [-0.15, -0.1) is 21.5 Å². The number of hydrogen-bond donors (Lipinski definition) is 2. The van der Waals surface area contributed by atoms with E-state index in [9.17, 15) is 4.79 Å². The Labute approximate surface area is 125 Å². The second-order valence-electron chi connectivity index (χ2n) is 3.93. The molecule has 2 aromatic heterocycles. The van der Waals surface area contributed by atoms with Gasteiger partial charge in [-0.05, 0) is 6.42 Å². The van der Waals surface area contributed by atoms with Crippen molar-refractivity contribution in [2.45, 2.75) is 31.6 Å². The van der Waals surface area contributed by atoms with Gasteiger partial charge in [0.2, 0.25) is 5.91 Å². The molecule has 2 heterocycles. The molecule has 0 unspecified atom stereocenters. The smallest absolute Gasteiger partial charge is 0.236 e. The number of nitrogens with zero attached hydrogens (tertiary/aromatic N) is 4. The summed E-state index contributed by atoms with van der Waals surface area (Å²) in [6.45, 7) is 3.22. The third kappa shape index (κ3) is 3.78. The van der Waals surface area contributed by atoms with Crippen molar-refractivity contribution in [2.24, 2.45) is 5.73 Å². The summed E-state index contributed by atoms with van der Waals surface area (Å²) in [5.41, 5.74) is 5.62. The first-order chi connectivity index (χ1) is 9.74. The van der Waals surface area contributed by atoms with Crippen molar-refractivity contribution in [3.8, 4) is 0 Å². The SMILES string of the molecule is CCCn1c(CN)nnc1SCC(=O)Nc1nccs1. The zero-order valence-electron chi connectivity index (χ0n) is 11.1. The molecule has 9 heteroatoms. The van der Waals surface area contributed by atoms with E-state index in [0.29, 0.717) is 11.7 Å². The van der Waals surface area contributed by atoms with Crippen LogP contribution >= 0.6 is 23.1 Å². The van der Waals surface area contributed by atoms with Crippen molar-refractivity contribution in [1.29, 1.82) is 0 Å². The molecule has 0 radical (unpaired) electrons. The molecule has 0 atom stereocenters. The van der Waals surface area contributed by atoms with E-state index in [1.54, 1.807) is 6.20 Å². The fourth-order valence-electron chi connectivity index (χ4n) is 1.60. The van der Waals surface area contributed by atoms with E-state index in [-0.39, 0.29) is 11.7 Å². The van der Waals surface area contributed by atoms with Crippen molar-refractivity contribution in [3.05, 3.63) is 17.4 Å². The van der Waals surface area contributed by atoms with Crippen LogP contribution in [0.4, 0.5) is 5.13 Å². The number of aromatic nitrogens is 4. The van der Waals surface area contributed by atoms with Crippen LogP contribution < -0.4 is 11.1 Å². The largest absolute Gasteiger partial charge is 0.324 e. The van der Waals surface area contributed by atoms with Gasteiger partial charge < -0.3 is 15.6 Å². The van der Waals surface area contributed by atoms with Crippen molar-refractivity contribution >= 4 is 34.1 Å². The van der Waals surface area contributed by atoms with E-state index in [0.717, 1.165) is 23.9 Å². The van der Waals surface area contributed by atoms with E-state index in [1.807, 2.05) is 9.95 Å². The van der Waals surface area contributed by atoms with Gasteiger partial charge in [-0.3, -0.25) is 4.79 Å². The Bertz CT molecular complexity index is 553. The molecule has 0 bridgehead atoms. The van der Waals surface area contributed by atoms with Crippen LogP contribution in [0, 0.1) is 0 Å². The van der Waals surface area contributed by atoms with Gasteiger partial charge in [0.25, 0.3) is 0 Å². The Kier molecular flexibility index (Phi) is 5.50. The molecule has 3 N–H and O–H groups in total. The number of carbonyl (C=O) groups is 1. The summed E-state index contributed by atoms with van der Waals surface area (Å²) in [5.74, 6) is 0.909. The van der Waals surface area contributed by atoms with Gasteiger partial charge in [0, 0.05) is 18.1 Å². The Balaban J connectivity index is 1.93. The molecule has 0 fully saturated rings. The maximum Gasteiger partial charge on any atom is 0.236 e. The highest BCUT2D eigenvalue weighted by molar-refractivity contribution is 7.99. The van der Waals surface area contributed by atoms with Crippen LogP contribution in [-0.2, 0) is 17.9 Å². The van der Waals surface area contributed by atoms with Gasteiger partial charge in [-0.1, -0.05) is 18.7 Å². The van der Waals surface area contributed by atoms with Crippen LogP contribution in [-0.4, -0.2) is 31.4 Å². The van der Waals surface area contributed by atoms with Gasteiger partial charge >= 0.3 is 0 Å². The molecule has 0 saturated heterocycles. The third-order valence-corrected chi connectivity index (χ3v) is 4.09. The molecule has 0 aromatic carbocycles. The number of thioether (sulfide) groups is 1. The quantitative estimate of drug-likeness (QED) is 0.748. The average Bonchev–Trinajstić information content (AvgIpc) is 3.07. The second-order valence-corrected chi connectivity index (χ2v) is 5.77. The fourth-order valence-corrected chi connectivity index (χ4v) is 2.92. The van der Waals surface area contributed by atoms with Crippen molar-refractivity contribution < 1.29 is 4.79 Å². The number of thiazole rings is 1. The highest BCUT2D eigenvalue weighted by atomic mass is 32.2. The summed E-state index contributed by atoms with van der Waals surface area (Å²) in [5, 5.41) is 14.0. The minimum atomic E-state index is -0.106. The monoisotopic (exact) mass is 312 g/mol. The highest BCUT2D eigenvalue weighted by Gasteiger charge is 2.13. The van der Waals surface area contributed by atoms with Crippen LogP contribution in [0.25, 0.3) is 0 Å². The number of carbonyl (C=O) groups excluding carboxylic acids is 1. The molecule has 2 aromatic rings. The van der Waals surface area contributed by atoms with Crippen molar-refractivity contribution in [2.75, 3.05) is 11.1 Å². The average molecular weight is 312 g/mol. The summed E-state index contributed by atoms with van der Waals surface area (Å²) >= 11 is 2.74. The van der Waals surface area contributed by atoms with E-state index < -0.39 is 0 Å². The topological polar surface area (TPSA) is 98.7 Å². The predicted molar refractivity (Wildman–Crippen MR) is 79.7 cm³/mol. The maximum atomic E-state index is 11.8. The Morgan fingerprint density at radius 2 is 2.40 bits per heavy atom. The van der Waals surface area contributed by atoms with Crippen molar-refractivity contribution in [3.63, 3.8) is 0 Å². The third-order valence-electron chi connectivity index (χ3n) is 2.43. The lowest BCUT2D eigenvalue weighted by Crippen LogP contribution is -2.15. The number of nitrogens with two attached hydrogens (primary N) is 1. The van der Waals surface area contributed by atoms with Crippen molar-refractivity contribution in [1.82, 2.24) is 19.7 Å². The normalized spacial score (nSPS) is 10.7. The number of anilines is 1. The maximum absolute atomic E-state index is 11.8. The van der Waals surface area contributed by atoms with Gasteiger partial charge in [0.15, 0.2) is 10.3 Å². The van der Waals surface area contributed by atoms with E-state index in [2.05, 4.69) is 27.4 Å². The minimum Gasteiger partial charge on any atom is -0.324 e. The highest BCUT2D eigenvalue weighted by Crippen LogP contribution is 2.18. The summed E-state index contributed by atoms with van der Waals surface area (Å²) in [7, 11) is 0. The molecule has 20 heavy (non-hydrogen) atoms. The standard InChI is InChI=1S/C11H16N6OS2/c1-2-4-17-8(6-12)15-16-11(17)20-7-9(18)14-10-13-3-5-19-10/h3,5H,2,4,6-7,12H2,1H3,(H,13,14,18). The summed E-state index contributed by atoms with van der Waals surface area (Å²) in [6.07, 6.45) is 2.61. The predicted octanol–water partition coefficient (Wildman–Crippen LogP) is 1.33. The molecule has 0 saturated carbocycles. The molecule has 0 aliphatic rings. The first-order valence-corrected chi connectivity index (χ1v) is 8.05. The lowest BCUT2D eigenvalue weighted by atomic mass is 10.4. The zero-order valence-corrected chi connectivity index (χ0v) is 12.7. The van der Waals surface area contributed by atoms with Crippen LogP contribution in [0.2, 0.25) is 0 Å². The van der Waals surface area contributed by atoms with Gasteiger partial charge in [-0.2, -0.15) is 0 Å². The Hall–Kier alpha value is -1.45. The van der Waals surface area contributed by atoms with E-state index in [1.165, 1.54) is 23.1 Å². The first kappa shape index (κ1) is 14.9. The molecule has 1 amide bonds. The Morgan fingerprint density at radius 1 is 1.55 bits per heavy atom. The van der Waals surface area contributed by atoms with E-state index in [4.69, 9.17) is 5.73 Å². The van der Waals surface area contributed by atoms with Gasteiger partial charge in [-0.25, -0.2) is 4.98 Å². The fraction of sp³-hybridized carbons (Fsp3) is 0.455. The lowest BCUT2D eigenvalue weighted by molar-refractivity contribution is -0.113. The van der Waals surface area contributed by atoms with Crippen LogP contribution in [0.3, 0.4) is 0 Å². The summed E-state index contributed by atoms with van der Waals surface area (Å²) in [4.78, 5) is 15.8. The molecule has 108 valence electrons. The number of amides is 1. The number of nitrogens with one attached hydrogen (secondary N) is 1. The van der Waals surface area contributed by atoms with Gasteiger partial charge in [0.1, 0.15) is 5.82 Å². The minimum absolute atomic E-state index is 0.106. The second kappa shape index (κ2) is 7.36. The lowest BCUT2D eigenvalue weighted by Gasteiger charge is -2.07. The molecular weight excluding hydrogens is 296 g/mol. The summed E-state index contributed by atoms with van der Waals surface area (Å²) < 4.78 is 1.96.